The number of imidazole rings is 1. The van der Waals surface area contributed by atoms with E-state index < -0.39 is 12.3 Å². The predicted molar refractivity (Wildman–Crippen MR) is 97.2 cm³/mol. The molecule has 9 heteroatoms. The number of unbranched alkanes of at least 4 members (excludes halogenated alkanes) is 3. The monoisotopic (exact) mass is 364 g/mol. The fraction of sp³-hybridized carbons (Fsp3) is 0.706. The summed E-state index contributed by atoms with van der Waals surface area (Å²) in [5.41, 5.74) is 12.4. The number of nitrogen functional groups attached to an aromatic ring is 1. The largest absolute Gasteiger partial charge is 0.386 e. The Kier molecular flexibility index (Phi) is 6.36. The molecule has 0 amide bonds. The first kappa shape index (κ1) is 19.0. The number of hydrogen-bond acceptors (Lipinski definition) is 8. The third kappa shape index (κ3) is 3.80. The molecule has 2 aromatic rings. The Morgan fingerprint density at radius 2 is 2.04 bits per heavy atom. The van der Waals surface area contributed by atoms with Crippen LogP contribution < -0.4 is 11.5 Å². The van der Waals surface area contributed by atoms with E-state index in [1.807, 2.05) is 6.92 Å². The maximum atomic E-state index is 10.8. The molecule has 5 N–H and O–H groups in total. The van der Waals surface area contributed by atoms with Gasteiger partial charge < -0.3 is 26.0 Å². The van der Waals surface area contributed by atoms with Crippen molar-refractivity contribution >= 4 is 17.0 Å². The van der Waals surface area contributed by atoms with Crippen molar-refractivity contribution in [3.63, 3.8) is 0 Å². The highest BCUT2D eigenvalue weighted by Gasteiger charge is 2.45. The number of aliphatic hydroxyl groups excluding tert-OH is 1. The molecule has 0 aromatic carbocycles. The van der Waals surface area contributed by atoms with E-state index in [-0.39, 0.29) is 12.2 Å². The van der Waals surface area contributed by atoms with Crippen LogP contribution >= 0.6 is 0 Å². The van der Waals surface area contributed by atoms with Crippen LogP contribution in [0.5, 0.6) is 0 Å². The van der Waals surface area contributed by atoms with Crippen LogP contribution in [0.4, 0.5) is 5.82 Å². The maximum Gasteiger partial charge on any atom is 0.167 e. The Morgan fingerprint density at radius 3 is 2.81 bits per heavy atom. The van der Waals surface area contributed by atoms with Crippen molar-refractivity contribution in [2.24, 2.45) is 5.73 Å². The number of nitrogens with zero attached hydrogens (tertiary/aromatic N) is 4. The summed E-state index contributed by atoms with van der Waals surface area (Å²) in [4.78, 5) is 12.4. The minimum atomic E-state index is -0.808. The minimum absolute atomic E-state index is 0.185. The summed E-state index contributed by atoms with van der Waals surface area (Å²) in [6.45, 7) is 3.34. The first-order chi connectivity index (χ1) is 12.7. The Hall–Kier alpha value is -1.81. The maximum absolute atomic E-state index is 10.8. The Balaban J connectivity index is 1.67. The van der Waals surface area contributed by atoms with Gasteiger partial charge in [0.1, 0.15) is 24.1 Å². The average Bonchev–Trinajstić information content (AvgIpc) is 3.20. The highest BCUT2D eigenvalue weighted by molar-refractivity contribution is 5.81. The highest BCUT2D eigenvalue weighted by Crippen LogP contribution is 2.34. The van der Waals surface area contributed by atoms with E-state index in [2.05, 4.69) is 15.0 Å². The number of aromatic nitrogens is 4. The number of hydrogen-bond donors (Lipinski definition) is 3. The van der Waals surface area contributed by atoms with Gasteiger partial charge in [0.15, 0.2) is 17.7 Å². The van der Waals surface area contributed by atoms with Crippen molar-refractivity contribution < 1.29 is 14.6 Å². The fourth-order valence-corrected chi connectivity index (χ4v) is 3.36. The molecule has 1 aliphatic heterocycles. The second-order valence-electron chi connectivity index (χ2n) is 6.59. The molecule has 3 rings (SSSR count). The van der Waals surface area contributed by atoms with E-state index in [1.165, 1.54) is 6.33 Å². The summed E-state index contributed by atoms with van der Waals surface area (Å²) in [5, 5.41) is 10.8. The lowest BCUT2D eigenvalue weighted by Gasteiger charge is -2.20. The lowest BCUT2D eigenvalue weighted by atomic mass is 10.1. The van der Waals surface area contributed by atoms with Crippen LogP contribution in [0.3, 0.4) is 0 Å². The number of rotatable bonds is 9. The number of ether oxygens (including phenoxy) is 2. The number of nitrogens with two attached hydrogens (primary N) is 2. The highest BCUT2D eigenvalue weighted by atomic mass is 16.6. The molecule has 2 aromatic heterocycles. The molecular formula is C17H28N6O3. The summed E-state index contributed by atoms with van der Waals surface area (Å²) < 4.78 is 13.7. The van der Waals surface area contributed by atoms with Crippen molar-refractivity contribution in [2.45, 2.75) is 63.6 Å². The van der Waals surface area contributed by atoms with Gasteiger partial charge in [-0.15, -0.1) is 0 Å². The number of anilines is 1. The standard InChI is InChI=1S/C17H28N6O3/c1-2-11-14(25-8-6-4-3-5-7-18)13(24)17(26-11)23-10-22-12-15(19)20-9-21-16(12)23/h9-11,13-14,17,24H,2-8,18H2,1H3,(H2,19,20,21)/t11-,13?,14+,17-/m1/s1. The second-order valence-corrected chi connectivity index (χ2v) is 6.59. The van der Waals surface area contributed by atoms with Gasteiger partial charge >= 0.3 is 0 Å². The Bertz CT molecular complexity index is 709. The van der Waals surface area contributed by atoms with Crippen LogP contribution in [-0.2, 0) is 9.47 Å². The van der Waals surface area contributed by atoms with Crippen molar-refractivity contribution in [1.29, 1.82) is 0 Å². The molecule has 144 valence electrons. The molecular weight excluding hydrogens is 336 g/mol. The second kappa shape index (κ2) is 8.72. The molecule has 26 heavy (non-hydrogen) atoms. The van der Waals surface area contributed by atoms with Crippen LogP contribution in [-0.4, -0.2) is 56.1 Å². The molecule has 1 unspecified atom stereocenters. The average molecular weight is 364 g/mol. The first-order valence-corrected chi connectivity index (χ1v) is 9.25. The van der Waals surface area contributed by atoms with Gasteiger partial charge in [0.25, 0.3) is 0 Å². The van der Waals surface area contributed by atoms with Crippen LogP contribution in [0.2, 0.25) is 0 Å². The van der Waals surface area contributed by atoms with Crippen molar-refractivity contribution in [3.05, 3.63) is 12.7 Å². The van der Waals surface area contributed by atoms with Crippen LogP contribution in [0.1, 0.15) is 45.3 Å². The van der Waals surface area contributed by atoms with E-state index in [0.717, 1.165) is 38.6 Å². The van der Waals surface area contributed by atoms with Gasteiger partial charge in [0.2, 0.25) is 0 Å². The molecule has 0 saturated carbocycles. The predicted octanol–water partition coefficient (Wildman–Crippen LogP) is 0.981. The van der Waals surface area contributed by atoms with Crippen molar-refractivity contribution in [2.75, 3.05) is 18.9 Å². The van der Waals surface area contributed by atoms with Crippen LogP contribution in [0.25, 0.3) is 11.2 Å². The normalized spacial score (nSPS) is 26.0. The molecule has 0 bridgehead atoms. The third-order valence-electron chi connectivity index (χ3n) is 4.78. The first-order valence-electron chi connectivity index (χ1n) is 9.25. The summed E-state index contributed by atoms with van der Waals surface area (Å²) in [5.74, 6) is 0.304. The summed E-state index contributed by atoms with van der Waals surface area (Å²) >= 11 is 0. The molecule has 1 aliphatic rings. The van der Waals surface area contributed by atoms with Gasteiger partial charge in [-0.05, 0) is 25.8 Å². The third-order valence-corrected chi connectivity index (χ3v) is 4.78. The quantitative estimate of drug-likeness (QED) is 0.561. The molecule has 0 radical (unpaired) electrons. The molecule has 0 aliphatic carbocycles. The minimum Gasteiger partial charge on any atom is -0.386 e. The van der Waals surface area contributed by atoms with Gasteiger partial charge in [-0.1, -0.05) is 19.8 Å². The van der Waals surface area contributed by atoms with Gasteiger partial charge in [-0.25, -0.2) is 15.0 Å². The van der Waals surface area contributed by atoms with Crippen LogP contribution in [0.15, 0.2) is 12.7 Å². The van der Waals surface area contributed by atoms with Gasteiger partial charge in [-0.3, -0.25) is 4.57 Å². The van der Waals surface area contributed by atoms with E-state index in [4.69, 9.17) is 20.9 Å². The molecule has 4 atom stereocenters. The lowest BCUT2D eigenvalue weighted by molar-refractivity contribution is -0.0397. The summed E-state index contributed by atoms with van der Waals surface area (Å²) in [6.07, 6.45) is 5.88. The van der Waals surface area contributed by atoms with Crippen molar-refractivity contribution in [1.82, 2.24) is 19.5 Å². The Morgan fingerprint density at radius 1 is 1.23 bits per heavy atom. The van der Waals surface area contributed by atoms with Gasteiger partial charge in [0.05, 0.1) is 12.4 Å². The molecule has 0 spiro atoms. The van der Waals surface area contributed by atoms with Crippen molar-refractivity contribution in [3.8, 4) is 0 Å². The zero-order valence-electron chi connectivity index (χ0n) is 15.1. The smallest absolute Gasteiger partial charge is 0.167 e. The number of aliphatic hydroxyl groups is 1. The number of fused-ring (bicyclic) bond motifs is 1. The Labute approximate surface area is 152 Å². The van der Waals surface area contributed by atoms with E-state index in [1.54, 1.807) is 10.9 Å². The zero-order valence-corrected chi connectivity index (χ0v) is 15.1. The van der Waals surface area contributed by atoms with Crippen LogP contribution in [0, 0.1) is 0 Å². The van der Waals surface area contributed by atoms with E-state index in [0.29, 0.717) is 23.6 Å². The van der Waals surface area contributed by atoms with E-state index >= 15 is 0 Å². The van der Waals surface area contributed by atoms with Gasteiger partial charge in [-0.2, -0.15) is 0 Å². The summed E-state index contributed by atoms with van der Waals surface area (Å²) in [7, 11) is 0. The lowest BCUT2D eigenvalue weighted by Crippen LogP contribution is -2.34. The van der Waals surface area contributed by atoms with Gasteiger partial charge in [0, 0.05) is 6.61 Å². The topological polar surface area (TPSA) is 134 Å². The molecule has 9 nitrogen and oxygen atoms in total. The van der Waals surface area contributed by atoms with E-state index in [9.17, 15) is 5.11 Å². The fourth-order valence-electron chi connectivity index (χ4n) is 3.36. The SMILES string of the molecule is CC[C@H]1O[C@@H](n2cnc3c(N)ncnc32)C(O)[C@H]1OCCCCCCN. The molecule has 1 fully saturated rings. The molecule has 1 saturated heterocycles. The molecule has 3 heterocycles. The zero-order chi connectivity index (χ0) is 18.5. The summed E-state index contributed by atoms with van der Waals surface area (Å²) in [6, 6.07) is 0.